The molecule has 0 amide bonds. The molecule has 1 spiro atoms. The van der Waals surface area contributed by atoms with Crippen LogP contribution in [-0.4, -0.2) is 58.5 Å². The van der Waals surface area contributed by atoms with Crippen molar-refractivity contribution in [2.75, 3.05) is 13.6 Å². The molecule has 5 atom stereocenters. The van der Waals surface area contributed by atoms with Crippen molar-refractivity contribution in [2.45, 2.75) is 62.4 Å². The lowest BCUT2D eigenvalue weighted by molar-refractivity contribution is -0.158. The highest BCUT2D eigenvalue weighted by Gasteiger charge is 2.72. The van der Waals surface area contributed by atoms with Crippen LogP contribution in [0.15, 0.2) is 24.3 Å². The Morgan fingerprint density at radius 2 is 2.18 bits per heavy atom. The second-order valence-electron chi connectivity index (χ2n) is 8.98. The summed E-state index contributed by atoms with van der Waals surface area (Å²) in [5, 5.41) is 20.9. The molecule has 28 heavy (non-hydrogen) atoms. The zero-order chi connectivity index (χ0) is 19.8. The summed E-state index contributed by atoms with van der Waals surface area (Å²) in [4.78, 5) is 14.3. The van der Waals surface area contributed by atoms with Gasteiger partial charge in [0.2, 0.25) is 0 Å². The number of aliphatic carboxylic acids is 1. The molecular weight excluding hydrogens is 358 g/mol. The number of carbonyl (C=O) groups is 1. The molecule has 2 heterocycles. The summed E-state index contributed by atoms with van der Waals surface area (Å²) in [7, 11) is 2.13. The number of ether oxygens (including phenoxy) is 2. The highest BCUT2D eigenvalue weighted by Crippen LogP contribution is 2.67. The molecule has 5 rings (SSSR count). The largest absolute Gasteiger partial charge is 0.487 e. The average molecular weight is 385 g/mol. The highest BCUT2D eigenvalue weighted by molar-refractivity contribution is 5.73. The van der Waals surface area contributed by atoms with Crippen molar-refractivity contribution in [3.8, 4) is 11.5 Å². The van der Waals surface area contributed by atoms with Crippen LogP contribution < -0.4 is 9.47 Å². The van der Waals surface area contributed by atoms with E-state index in [1.165, 1.54) is 5.56 Å². The van der Waals surface area contributed by atoms with Crippen LogP contribution in [0.2, 0.25) is 0 Å². The zero-order valence-electron chi connectivity index (χ0n) is 16.5. The van der Waals surface area contributed by atoms with Crippen LogP contribution in [0.25, 0.3) is 0 Å². The van der Waals surface area contributed by atoms with Crippen molar-refractivity contribution in [1.82, 2.24) is 4.90 Å². The fraction of sp³-hybridized carbons (Fsp3) is 0.591. The molecule has 0 radical (unpaired) electrons. The van der Waals surface area contributed by atoms with E-state index in [0.29, 0.717) is 11.5 Å². The first-order chi connectivity index (χ1) is 13.3. The molecule has 0 unspecified atom stereocenters. The maximum Gasteiger partial charge on any atom is 0.307 e. The molecular formula is C22H27NO5. The Bertz CT molecular complexity index is 880. The third-order valence-corrected chi connectivity index (χ3v) is 7.29. The number of nitrogens with zero attached hydrogens (tertiary/aromatic N) is 1. The SMILES string of the molecule is CC(C)Oc1ccc2c3c1O[C@@]1(CC(=O)O)[C@@H](O)C=C[C@H]4[C@@H](C2)N(C)CC[C@@]341. The predicted octanol–water partition coefficient (Wildman–Crippen LogP) is 2.12. The van der Waals surface area contributed by atoms with Crippen LogP contribution >= 0.6 is 0 Å². The average Bonchev–Trinajstić information content (AvgIpc) is 2.91. The molecule has 2 aliphatic carbocycles. The molecule has 6 heteroatoms. The Kier molecular flexibility index (Phi) is 3.69. The molecule has 1 aromatic rings. The monoisotopic (exact) mass is 385 g/mol. The van der Waals surface area contributed by atoms with E-state index in [-0.39, 0.29) is 24.5 Å². The fourth-order valence-electron chi connectivity index (χ4n) is 6.30. The van der Waals surface area contributed by atoms with Gasteiger partial charge in [-0.15, -0.1) is 0 Å². The fourth-order valence-corrected chi connectivity index (χ4v) is 6.30. The summed E-state index contributed by atoms with van der Waals surface area (Å²) >= 11 is 0. The number of carboxylic acids is 1. The van der Waals surface area contributed by atoms with Crippen LogP contribution in [0.5, 0.6) is 11.5 Å². The van der Waals surface area contributed by atoms with E-state index in [1.807, 2.05) is 19.9 Å². The van der Waals surface area contributed by atoms with Gasteiger partial charge in [0.05, 0.1) is 17.9 Å². The number of rotatable bonds is 4. The van der Waals surface area contributed by atoms with Gasteiger partial charge < -0.3 is 24.6 Å². The number of carboxylic acid groups (broad SMARTS) is 1. The van der Waals surface area contributed by atoms with Gasteiger partial charge in [-0.2, -0.15) is 0 Å². The van der Waals surface area contributed by atoms with Crippen molar-refractivity contribution < 1.29 is 24.5 Å². The second kappa shape index (κ2) is 5.74. The van der Waals surface area contributed by atoms with Crippen LogP contribution in [0, 0.1) is 5.92 Å². The molecule has 2 N–H and O–H groups in total. The number of hydrogen-bond donors (Lipinski definition) is 2. The van der Waals surface area contributed by atoms with Gasteiger partial charge in [0.25, 0.3) is 0 Å². The summed E-state index contributed by atoms with van der Waals surface area (Å²) in [6.45, 7) is 4.77. The molecule has 1 fully saturated rings. The topological polar surface area (TPSA) is 79.2 Å². The molecule has 6 nitrogen and oxygen atoms in total. The summed E-state index contributed by atoms with van der Waals surface area (Å²) < 4.78 is 12.6. The number of likely N-dealkylation sites (tertiary alicyclic amines) is 1. The third kappa shape index (κ3) is 2.02. The van der Waals surface area contributed by atoms with Crippen molar-refractivity contribution in [1.29, 1.82) is 0 Å². The van der Waals surface area contributed by atoms with E-state index in [9.17, 15) is 15.0 Å². The van der Waals surface area contributed by atoms with Crippen molar-refractivity contribution in [2.24, 2.45) is 5.92 Å². The van der Waals surface area contributed by atoms with E-state index in [2.05, 4.69) is 24.1 Å². The van der Waals surface area contributed by atoms with E-state index < -0.39 is 23.1 Å². The molecule has 2 aliphatic heterocycles. The Balaban J connectivity index is 1.81. The van der Waals surface area contributed by atoms with E-state index >= 15 is 0 Å². The first-order valence-corrected chi connectivity index (χ1v) is 10.1. The first kappa shape index (κ1) is 18.0. The smallest absolute Gasteiger partial charge is 0.307 e. The van der Waals surface area contributed by atoms with Crippen LogP contribution in [0.3, 0.4) is 0 Å². The summed E-state index contributed by atoms with van der Waals surface area (Å²) in [5.74, 6) is 0.440. The van der Waals surface area contributed by atoms with Crippen LogP contribution in [-0.2, 0) is 16.6 Å². The number of hydrogen-bond acceptors (Lipinski definition) is 5. The minimum Gasteiger partial charge on any atom is -0.487 e. The Hall–Kier alpha value is -2.05. The Morgan fingerprint density at radius 3 is 2.89 bits per heavy atom. The maximum absolute atomic E-state index is 11.9. The number of likely N-dealkylation sites (N-methyl/N-ethyl adjacent to an activating group) is 1. The molecule has 2 bridgehead atoms. The van der Waals surface area contributed by atoms with Crippen molar-refractivity contribution in [3.05, 3.63) is 35.4 Å². The lowest BCUT2D eigenvalue weighted by atomic mass is 9.48. The number of aliphatic hydroxyl groups excluding tert-OH is 1. The quantitative estimate of drug-likeness (QED) is 0.773. The Morgan fingerprint density at radius 1 is 1.39 bits per heavy atom. The van der Waals surface area contributed by atoms with E-state index in [0.717, 1.165) is 24.9 Å². The molecule has 150 valence electrons. The van der Waals surface area contributed by atoms with Gasteiger partial charge in [-0.1, -0.05) is 18.2 Å². The van der Waals surface area contributed by atoms with Crippen LogP contribution in [0.4, 0.5) is 0 Å². The lowest BCUT2D eigenvalue weighted by Gasteiger charge is -2.60. The van der Waals surface area contributed by atoms with Gasteiger partial charge >= 0.3 is 5.97 Å². The summed E-state index contributed by atoms with van der Waals surface area (Å²) in [6, 6.07) is 4.31. The normalized spacial score (nSPS) is 37.5. The molecule has 0 saturated carbocycles. The molecule has 4 aliphatic rings. The number of aliphatic hydroxyl groups is 1. The number of piperidine rings is 1. The second-order valence-corrected chi connectivity index (χ2v) is 8.98. The van der Waals surface area contributed by atoms with Gasteiger partial charge in [0.15, 0.2) is 17.1 Å². The van der Waals surface area contributed by atoms with Crippen molar-refractivity contribution in [3.63, 3.8) is 0 Å². The lowest BCUT2D eigenvalue weighted by Crippen LogP contribution is -2.71. The molecule has 1 saturated heterocycles. The predicted molar refractivity (Wildman–Crippen MR) is 103 cm³/mol. The van der Waals surface area contributed by atoms with E-state index in [4.69, 9.17) is 9.47 Å². The third-order valence-electron chi connectivity index (χ3n) is 7.29. The Labute approximate surface area is 164 Å². The zero-order valence-corrected chi connectivity index (χ0v) is 16.5. The van der Waals surface area contributed by atoms with Crippen molar-refractivity contribution >= 4 is 5.97 Å². The van der Waals surface area contributed by atoms with Gasteiger partial charge in [0, 0.05) is 17.5 Å². The van der Waals surface area contributed by atoms with Crippen LogP contribution in [0.1, 0.15) is 37.8 Å². The van der Waals surface area contributed by atoms with Gasteiger partial charge in [0.1, 0.15) is 6.10 Å². The molecule has 1 aromatic carbocycles. The standard InChI is InChI=1S/C22H27NO5/c1-12(2)27-16-6-4-13-10-15-14-5-7-17(24)22(11-18(25)26)21(14,8-9-23(15)3)19(13)20(16)28-22/h4-7,12,14-15,17,24H,8-11H2,1-3H3,(H,25,26)/t14-,15+,17-,21-,22-/m0/s1. The van der Waals surface area contributed by atoms with Gasteiger partial charge in [-0.25, -0.2) is 0 Å². The summed E-state index contributed by atoms with van der Waals surface area (Å²) in [6.07, 6.45) is 4.25. The first-order valence-electron chi connectivity index (χ1n) is 10.1. The van der Waals surface area contributed by atoms with Gasteiger partial charge in [-0.3, -0.25) is 4.79 Å². The van der Waals surface area contributed by atoms with E-state index in [1.54, 1.807) is 6.08 Å². The number of benzene rings is 1. The summed E-state index contributed by atoms with van der Waals surface area (Å²) in [5.41, 5.74) is 0.514. The minimum absolute atomic E-state index is 0.0267. The van der Waals surface area contributed by atoms with Gasteiger partial charge in [-0.05, 0) is 51.9 Å². The highest BCUT2D eigenvalue weighted by atomic mass is 16.6. The minimum atomic E-state index is -1.20. The maximum atomic E-state index is 11.9. The molecule has 0 aromatic heterocycles.